The minimum absolute atomic E-state index is 0.0948. The zero-order valence-electron chi connectivity index (χ0n) is 15.9. The van der Waals surface area contributed by atoms with E-state index < -0.39 is 16.1 Å². The summed E-state index contributed by atoms with van der Waals surface area (Å²) < 4.78 is 27.6. The number of piperidine rings is 1. The molecule has 6 heteroatoms. The first-order valence-electron chi connectivity index (χ1n) is 9.70. The van der Waals surface area contributed by atoms with Crippen LogP contribution in [0.3, 0.4) is 0 Å². The maximum atomic E-state index is 13.1. The second kappa shape index (κ2) is 7.43. The average Bonchev–Trinajstić information content (AvgIpc) is 2.68. The van der Waals surface area contributed by atoms with Gasteiger partial charge >= 0.3 is 0 Å². The number of fused-ring (bicyclic) bond motifs is 2. The normalized spacial score (nSPS) is 28.1. The van der Waals surface area contributed by atoms with Gasteiger partial charge in [0.15, 0.2) is 5.78 Å². The van der Waals surface area contributed by atoms with Crippen molar-refractivity contribution in [3.8, 4) is 0 Å². The van der Waals surface area contributed by atoms with E-state index >= 15 is 0 Å². The highest BCUT2D eigenvalue weighted by atomic mass is 32.2. The van der Waals surface area contributed by atoms with Gasteiger partial charge in [0, 0.05) is 24.6 Å². The number of benzene rings is 2. The molecular formula is C22H25NO4S. The van der Waals surface area contributed by atoms with E-state index in [1.54, 1.807) is 24.3 Å². The van der Waals surface area contributed by atoms with Gasteiger partial charge < -0.3 is 5.11 Å². The maximum absolute atomic E-state index is 13.1. The van der Waals surface area contributed by atoms with E-state index in [1.807, 2.05) is 37.3 Å². The smallest absolute Gasteiger partial charge is 0.243 e. The minimum atomic E-state index is -3.60. The number of Topliss-reactive ketones (excluding diaryl/α,β-unsaturated/α-hetero) is 1. The molecule has 0 aromatic heterocycles. The molecule has 2 fully saturated rings. The fourth-order valence-electron chi connectivity index (χ4n) is 4.56. The average molecular weight is 400 g/mol. The second-order valence-electron chi connectivity index (χ2n) is 8.04. The van der Waals surface area contributed by atoms with Gasteiger partial charge in [0.25, 0.3) is 0 Å². The SMILES string of the molecule is Cc1ccc(S(=O)(=O)N2CC3CC(C(=O)c4ccccc4)CC(C2)C3O)cc1. The number of rotatable bonds is 4. The Kier molecular flexibility index (Phi) is 5.12. The van der Waals surface area contributed by atoms with E-state index in [0.717, 1.165) is 5.56 Å². The van der Waals surface area contributed by atoms with Gasteiger partial charge in [-0.15, -0.1) is 0 Å². The van der Waals surface area contributed by atoms with E-state index in [1.165, 1.54) is 4.31 Å². The molecule has 5 nitrogen and oxygen atoms in total. The number of carbonyl (C=O) groups excluding carboxylic acids is 1. The lowest BCUT2D eigenvalue weighted by Gasteiger charge is -2.46. The predicted octanol–water partition coefficient (Wildman–Crippen LogP) is 2.89. The summed E-state index contributed by atoms with van der Waals surface area (Å²) in [7, 11) is -3.60. The van der Waals surface area contributed by atoms with Crippen molar-refractivity contribution in [2.24, 2.45) is 17.8 Å². The van der Waals surface area contributed by atoms with Gasteiger partial charge in [-0.3, -0.25) is 4.79 Å². The quantitative estimate of drug-likeness (QED) is 0.803. The molecule has 1 heterocycles. The highest BCUT2D eigenvalue weighted by Gasteiger charge is 2.46. The van der Waals surface area contributed by atoms with Crippen LogP contribution in [0.2, 0.25) is 0 Å². The Morgan fingerprint density at radius 1 is 0.964 bits per heavy atom. The van der Waals surface area contributed by atoms with E-state index in [0.29, 0.717) is 18.4 Å². The summed E-state index contributed by atoms with van der Waals surface area (Å²) in [6.45, 7) is 2.43. The van der Waals surface area contributed by atoms with Crippen LogP contribution in [0, 0.1) is 24.7 Å². The Morgan fingerprint density at radius 2 is 1.54 bits per heavy atom. The zero-order chi connectivity index (χ0) is 19.9. The van der Waals surface area contributed by atoms with Gasteiger partial charge in [0.05, 0.1) is 11.0 Å². The predicted molar refractivity (Wildman–Crippen MR) is 106 cm³/mol. The van der Waals surface area contributed by atoms with E-state index in [4.69, 9.17) is 0 Å². The molecule has 2 atom stereocenters. The number of aliphatic hydroxyl groups excluding tert-OH is 1. The number of aryl methyl sites for hydroxylation is 1. The van der Waals surface area contributed by atoms with Gasteiger partial charge in [-0.25, -0.2) is 8.42 Å². The Labute approximate surface area is 166 Å². The molecule has 148 valence electrons. The number of ketones is 1. The molecule has 2 aromatic rings. The minimum Gasteiger partial charge on any atom is -0.392 e. The molecule has 2 bridgehead atoms. The number of nitrogens with zero attached hydrogens (tertiary/aromatic N) is 1. The van der Waals surface area contributed by atoms with E-state index in [9.17, 15) is 18.3 Å². The zero-order valence-corrected chi connectivity index (χ0v) is 16.7. The first-order valence-corrected chi connectivity index (χ1v) is 11.1. The topological polar surface area (TPSA) is 74.7 Å². The first kappa shape index (κ1) is 19.3. The van der Waals surface area contributed by atoms with Crippen molar-refractivity contribution < 1.29 is 18.3 Å². The molecule has 2 aliphatic rings. The molecule has 0 amide bonds. The molecule has 1 saturated carbocycles. The molecule has 2 unspecified atom stereocenters. The third-order valence-corrected chi connectivity index (χ3v) is 7.95. The Balaban J connectivity index is 1.53. The second-order valence-corrected chi connectivity index (χ2v) is 9.98. The molecule has 0 radical (unpaired) electrons. The van der Waals surface area contributed by atoms with Crippen molar-refractivity contribution in [2.75, 3.05) is 13.1 Å². The summed E-state index contributed by atoms with van der Waals surface area (Å²) in [5.74, 6) is -0.502. The molecule has 1 aliphatic heterocycles. The largest absolute Gasteiger partial charge is 0.392 e. The van der Waals surface area contributed by atoms with Gasteiger partial charge in [0.2, 0.25) is 10.0 Å². The van der Waals surface area contributed by atoms with Gasteiger partial charge in [0.1, 0.15) is 0 Å². The third-order valence-electron chi connectivity index (χ3n) is 6.10. The van der Waals surface area contributed by atoms with Crippen LogP contribution in [0.25, 0.3) is 0 Å². The molecule has 1 aliphatic carbocycles. The summed E-state index contributed by atoms with van der Waals surface area (Å²) in [4.78, 5) is 13.1. The van der Waals surface area contributed by atoms with Gasteiger partial charge in [-0.1, -0.05) is 48.0 Å². The van der Waals surface area contributed by atoms with E-state index in [2.05, 4.69) is 0 Å². The summed E-state index contributed by atoms with van der Waals surface area (Å²) in [6, 6.07) is 16.1. The molecule has 1 saturated heterocycles. The van der Waals surface area contributed by atoms with Crippen LogP contribution in [0.15, 0.2) is 59.5 Å². The van der Waals surface area contributed by atoms with Crippen LogP contribution in [-0.4, -0.2) is 42.8 Å². The lowest BCUT2D eigenvalue weighted by Crippen LogP contribution is -2.55. The number of hydrogen-bond acceptors (Lipinski definition) is 4. The molecule has 1 N–H and O–H groups in total. The van der Waals surface area contributed by atoms with Crippen LogP contribution in [-0.2, 0) is 10.0 Å². The van der Waals surface area contributed by atoms with Crippen molar-refractivity contribution in [1.82, 2.24) is 4.31 Å². The number of aliphatic hydroxyl groups is 1. The van der Waals surface area contributed by atoms with Crippen LogP contribution >= 0.6 is 0 Å². The fraction of sp³-hybridized carbons (Fsp3) is 0.409. The van der Waals surface area contributed by atoms with Crippen LogP contribution in [0.1, 0.15) is 28.8 Å². The highest BCUT2D eigenvalue weighted by molar-refractivity contribution is 7.89. The van der Waals surface area contributed by atoms with Crippen molar-refractivity contribution in [1.29, 1.82) is 0 Å². The molecule has 4 rings (SSSR count). The van der Waals surface area contributed by atoms with Crippen LogP contribution < -0.4 is 0 Å². The van der Waals surface area contributed by atoms with E-state index in [-0.39, 0.29) is 41.5 Å². The summed E-state index contributed by atoms with van der Waals surface area (Å²) in [5.41, 5.74) is 1.69. The number of sulfonamides is 1. The van der Waals surface area contributed by atoms with Crippen LogP contribution in [0.4, 0.5) is 0 Å². The first-order chi connectivity index (χ1) is 13.4. The number of hydrogen-bond donors (Lipinski definition) is 1. The highest BCUT2D eigenvalue weighted by Crippen LogP contribution is 2.41. The monoisotopic (exact) mass is 399 g/mol. The summed E-state index contributed by atoms with van der Waals surface area (Å²) in [5, 5.41) is 10.6. The fourth-order valence-corrected chi connectivity index (χ4v) is 6.11. The van der Waals surface area contributed by atoms with Crippen molar-refractivity contribution in [3.63, 3.8) is 0 Å². The lowest BCUT2D eigenvalue weighted by atomic mass is 9.69. The Morgan fingerprint density at radius 3 is 2.11 bits per heavy atom. The third kappa shape index (κ3) is 3.52. The van der Waals surface area contributed by atoms with Gasteiger partial charge in [-0.05, 0) is 43.7 Å². The van der Waals surface area contributed by atoms with Crippen LogP contribution in [0.5, 0.6) is 0 Å². The summed E-state index contributed by atoms with van der Waals surface area (Å²) in [6.07, 6.45) is 0.487. The molecule has 0 spiro atoms. The molecular weight excluding hydrogens is 374 g/mol. The van der Waals surface area contributed by atoms with Crippen molar-refractivity contribution in [3.05, 3.63) is 65.7 Å². The van der Waals surface area contributed by atoms with Crippen molar-refractivity contribution in [2.45, 2.75) is 30.8 Å². The summed E-state index contributed by atoms with van der Waals surface area (Å²) >= 11 is 0. The lowest BCUT2D eigenvalue weighted by molar-refractivity contribution is -0.0409. The Hall–Kier alpha value is -2.02. The molecule has 2 aromatic carbocycles. The molecule has 28 heavy (non-hydrogen) atoms. The standard InChI is InChI=1S/C22H25NO4S/c1-15-7-9-20(10-8-15)28(26,27)23-13-18-11-17(12-19(14-23)22(18)25)21(24)16-5-3-2-4-6-16/h2-10,17-19,22,25H,11-14H2,1H3. The van der Waals surface area contributed by atoms with Crippen molar-refractivity contribution >= 4 is 15.8 Å². The Bertz CT molecular complexity index is 940. The van der Waals surface area contributed by atoms with Gasteiger partial charge in [-0.2, -0.15) is 4.31 Å². The maximum Gasteiger partial charge on any atom is 0.243 e. The number of carbonyl (C=O) groups is 1.